The Balaban J connectivity index is 2.31. The Labute approximate surface area is 79.0 Å². The van der Waals surface area contributed by atoms with Crippen LogP contribution >= 0.6 is 0 Å². The summed E-state index contributed by atoms with van der Waals surface area (Å²) >= 11 is 0. The zero-order valence-corrected chi connectivity index (χ0v) is 8.32. The van der Waals surface area contributed by atoms with Crippen LogP contribution in [0.1, 0.15) is 39.5 Å². The molecule has 0 spiro atoms. The molecule has 0 aromatic rings. The topological polar surface area (TPSA) is 55.6 Å². The fraction of sp³-hybridized carbons (Fsp3) is 0.889. The molecule has 76 valence electrons. The van der Waals surface area contributed by atoms with Crippen LogP contribution in [-0.2, 0) is 4.74 Å². The van der Waals surface area contributed by atoms with E-state index in [1.165, 1.54) is 0 Å². The predicted octanol–water partition coefficient (Wildman–Crippen LogP) is 1.65. The van der Waals surface area contributed by atoms with Gasteiger partial charge in [-0.05, 0) is 39.5 Å². The smallest absolute Gasteiger partial charge is 0.424 e. The number of hydrogen-bond donors (Lipinski definition) is 1. The van der Waals surface area contributed by atoms with Crippen LogP contribution in [-0.4, -0.2) is 23.2 Å². The molecule has 1 saturated carbocycles. The highest BCUT2D eigenvalue weighted by Gasteiger charge is 2.22. The monoisotopic (exact) mass is 186 g/mol. The van der Waals surface area contributed by atoms with Gasteiger partial charge in [-0.3, -0.25) is 0 Å². The minimum atomic E-state index is -0.401. The molecule has 1 aliphatic rings. The summed E-state index contributed by atoms with van der Waals surface area (Å²) in [5.41, 5.74) is 0. The highest BCUT2D eigenvalue weighted by Crippen LogP contribution is 2.21. The molecule has 0 aromatic carbocycles. The van der Waals surface area contributed by atoms with Gasteiger partial charge >= 0.3 is 6.09 Å². The van der Waals surface area contributed by atoms with Crippen molar-refractivity contribution in [3.05, 3.63) is 0 Å². The van der Waals surface area contributed by atoms with E-state index < -0.39 is 6.09 Å². The summed E-state index contributed by atoms with van der Waals surface area (Å²) in [5.74, 6) is 5.50. The average Bonchev–Trinajstić information content (AvgIpc) is 2.55. The van der Waals surface area contributed by atoms with Crippen molar-refractivity contribution in [1.29, 1.82) is 0 Å². The Morgan fingerprint density at radius 1 is 1.46 bits per heavy atom. The van der Waals surface area contributed by atoms with E-state index in [4.69, 9.17) is 10.6 Å². The van der Waals surface area contributed by atoms with Crippen molar-refractivity contribution in [2.45, 2.75) is 51.7 Å². The maximum absolute atomic E-state index is 11.3. The van der Waals surface area contributed by atoms with Crippen LogP contribution in [0.2, 0.25) is 0 Å². The van der Waals surface area contributed by atoms with Crippen LogP contribution < -0.4 is 5.84 Å². The lowest BCUT2D eigenvalue weighted by molar-refractivity contribution is 0.0572. The third-order valence-electron chi connectivity index (χ3n) is 2.34. The van der Waals surface area contributed by atoms with Crippen LogP contribution in [0.5, 0.6) is 0 Å². The molecule has 0 unspecified atom stereocenters. The third kappa shape index (κ3) is 2.88. The molecule has 0 aliphatic heterocycles. The summed E-state index contributed by atoms with van der Waals surface area (Å²) in [6.45, 7) is 3.71. The third-order valence-corrected chi connectivity index (χ3v) is 2.34. The van der Waals surface area contributed by atoms with Gasteiger partial charge in [-0.1, -0.05) is 0 Å². The van der Waals surface area contributed by atoms with Gasteiger partial charge in [-0.2, -0.15) is 0 Å². The molecule has 2 N–H and O–H groups in total. The molecule has 0 radical (unpaired) electrons. The maximum Gasteiger partial charge on any atom is 0.424 e. The average molecular weight is 186 g/mol. The largest absolute Gasteiger partial charge is 0.445 e. The summed E-state index contributed by atoms with van der Waals surface area (Å²) in [5, 5.41) is 1.14. The van der Waals surface area contributed by atoms with Gasteiger partial charge in [-0.15, -0.1) is 0 Å². The molecule has 1 rings (SSSR count). The first-order chi connectivity index (χ1) is 6.11. The molecule has 0 saturated heterocycles. The van der Waals surface area contributed by atoms with Crippen molar-refractivity contribution in [1.82, 2.24) is 5.01 Å². The lowest BCUT2D eigenvalue weighted by Crippen LogP contribution is -2.44. The normalized spacial score (nSPS) is 17.8. The lowest BCUT2D eigenvalue weighted by atomic mass is 10.3. The second-order valence-electron chi connectivity index (χ2n) is 3.79. The summed E-state index contributed by atoms with van der Waals surface area (Å²) in [4.78, 5) is 11.3. The van der Waals surface area contributed by atoms with E-state index in [0.29, 0.717) is 0 Å². The number of rotatable bonds is 2. The number of carbonyl (C=O) groups is 1. The van der Waals surface area contributed by atoms with Crippen molar-refractivity contribution in [3.63, 3.8) is 0 Å². The van der Waals surface area contributed by atoms with Gasteiger partial charge in [0.15, 0.2) is 0 Å². The summed E-state index contributed by atoms with van der Waals surface area (Å²) in [6.07, 6.45) is 3.98. The number of nitrogens with two attached hydrogens (primary N) is 1. The Kier molecular flexibility index (Phi) is 3.54. The molecule has 4 heteroatoms. The van der Waals surface area contributed by atoms with Crippen LogP contribution in [0.25, 0.3) is 0 Å². The van der Waals surface area contributed by atoms with E-state index >= 15 is 0 Å². The van der Waals surface area contributed by atoms with Crippen LogP contribution in [0, 0.1) is 0 Å². The number of carbonyl (C=O) groups excluding carboxylic acids is 1. The molecule has 0 heterocycles. The number of ether oxygens (including phenoxy) is 1. The second kappa shape index (κ2) is 4.46. The summed E-state index contributed by atoms with van der Waals surface area (Å²) in [7, 11) is 0. The van der Waals surface area contributed by atoms with Crippen molar-refractivity contribution in [2.75, 3.05) is 0 Å². The standard InChI is InChI=1S/C9H18N2O2/c1-7(2)11(10)9(12)13-8-5-3-4-6-8/h7-8H,3-6,10H2,1-2H3. The minimum absolute atomic E-state index is 0.00565. The molecule has 1 aliphatic carbocycles. The molecule has 13 heavy (non-hydrogen) atoms. The van der Waals surface area contributed by atoms with Gasteiger partial charge in [0.2, 0.25) is 0 Å². The van der Waals surface area contributed by atoms with Crippen LogP contribution in [0.3, 0.4) is 0 Å². The Bertz CT molecular complexity index is 176. The zero-order chi connectivity index (χ0) is 9.84. The van der Waals surface area contributed by atoms with E-state index in [1.54, 1.807) is 0 Å². The van der Waals surface area contributed by atoms with E-state index in [1.807, 2.05) is 13.8 Å². The molecular weight excluding hydrogens is 168 g/mol. The second-order valence-corrected chi connectivity index (χ2v) is 3.79. The fourth-order valence-corrected chi connectivity index (χ4v) is 1.42. The Hall–Kier alpha value is -0.770. The van der Waals surface area contributed by atoms with E-state index in [2.05, 4.69) is 0 Å². The molecule has 1 amide bonds. The lowest BCUT2D eigenvalue weighted by Gasteiger charge is -2.22. The number of hydrogen-bond acceptors (Lipinski definition) is 3. The first-order valence-electron chi connectivity index (χ1n) is 4.86. The van der Waals surface area contributed by atoms with Crippen molar-refractivity contribution in [3.8, 4) is 0 Å². The number of hydrazine groups is 1. The first kappa shape index (κ1) is 10.3. The van der Waals surface area contributed by atoms with E-state index in [0.717, 1.165) is 30.7 Å². The Morgan fingerprint density at radius 3 is 2.46 bits per heavy atom. The summed E-state index contributed by atoms with van der Waals surface area (Å²) < 4.78 is 5.20. The molecule has 0 atom stereocenters. The van der Waals surface area contributed by atoms with Gasteiger partial charge in [0, 0.05) is 6.04 Å². The van der Waals surface area contributed by atoms with Crippen molar-refractivity contribution >= 4 is 6.09 Å². The van der Waals surface area contributed by atoms with E-state index in [-0.39, 0.29) is 12.1 Å². The van der Waals surface area contributed by atoms with Gasteiger partial charge < -0.3 is 4.74 Å². The van der Waals surface area contributed by atoms with Crippen LogP contribution in [0.4, 0.5) is 4.79 Å². The highest BCUT2D eigenvalue weighted by atomic mass is 16.6. The molecule has 0 aromatic heterocycles. The van der Waals surface area contributed by atoms with Gasteiger partial charge in [0.05, 0.1) is 0 Å². The fourth-order valence-electron chi connectivity index (χ4n) is 1.42. The quantitative estimate of drug-likeness (QED) is 0.405. The number of amides is 1. The molecule has 4 nitrogen and oxygen atoms in total. The van der Waals surface area contributed by atoms with E-state index in [9.17, 15) is 4.79 Å². The molecule has 1 fully saturated rings. The van der Waals surface area contributed by atoms with Gasteiger partial charge in [0.25, 0.3) is 0 Å². The van der Waals surface area contributed by atoms with Gasteiger partial charge in [-0.25, -0.2) is 15.6 Å². The van der Waals surface area contributed by atoms with Crippen molar-refractivity contribution < 1.29 is 9.53 Å². The van der Waals surface area contributed by atoms with Crippen LogP contribution in [0.15, 0.2) is 0 Å². The molecule has 0 bridgehead atoms. The Morgan fingerprint density at radius 2 is 2.00 bits per heavy atom. The van der Waals surface area contributed by atoms with Crippen molar-refractivity contribution in [2.24, 2.45) is 5.84 Å². The highest BCUT2D eigenvalue weighted by molar-refractivity contribution is 5.67. The predicted molar refractivity (Wildman–Crippen MR) is 49.9 cm³/mol. The first-order valence-corrected chi connectivity index (χ1v) is 4.86. The van der Waals surface area contributed by atoms with Gasteiger partial charge in [0.1, 0.15) is 6.10 Å². The summed E-state index contributed by atoms with van der Waals surface area (Å²) in [6, 6.07) is -0.00565. The minimum Gasteiger partial charge on any atom is -0.445 e. The zero-order valence-electron chi connectivity index (χ0n) is 8.32. The number of nitrogens with zero attached hydrogens (tertiary/aromatic N) is 1. The SMILES string of the molecule is CC(C)N(N)C(=O)OC1CCCC1. The molecular formula is C9H18N2O2. The maximum atomic E-state index is 11.3.